The minimum atomic E-state index is -0.0605. The van der Waals surface area contributed by atoms with E-state index in [2.05, 4.69) is 5.32 Å². The molecule has 2 heterocycles. The molecule has 114 valence electrons. The van der Waals surface area contributed by atoms with Crippen LogP contribution in [0.25, 0.3) is 0 Å². The molecule has 2 aliphatic rings. The molecule has 0 unspecified atom stereocenters. The zero-order chi connectivity index (χ0) is 14.8. The van der Waals surface area contributed by atoms with Crippen LogP contribution in [0.15, 0.2) is 18.2 Å². The monoisotopic (exact) mass is 292 g/mol. The molecule has 0 aromatic heterocycles. The molecule has 0 bridgehead atoms. The lowest BCUT2D eigenvalue weighted by molar-refractivity contribution is -0.0545. The second-order valence-electron chi connectivity index (χ2n) is 5.51. The van der Waals surface area contributed by atoms with Crippen molar-refractivity contribution in [3.63, 3.8) is 0 Å². The van der Waals surface area contributed by atoms with Crippen LogP contribution >= 0.6 is 0 Å². The van der Waals surface area contributed by atoms with Gasteiger partial charge in [-0.25, -0.2) is 4.79 Å². The Morgan fingerprint density at radius 3 is 2.71 bits per heavy atom. The molecular formula is C15H20N2O4. The summed E-state index contributed by atoms with van der Waals surface area (Å²) in [6.07, 6.45) is 0.148. The largest absolute Gasteiger partial charge is 0.454 e. The van der Waals surface area contributed by atoms with Crippen molar-refractivity contribution in [1.29, 1.82) is 0 Å². The molecule has 3 rings (SSSR count). The van der Waals surface area contributed by atoms with E-state index in [0.717, 1.165) is 17.1 Å². The Labute approximate surface area is 124 Å². The Morgan fingerprint density at radius 2 is 1.95 bits per heavy atom. The van der Waals surface area contributed by atoms with Gasteiger partial charge in [0.25, 0.3) is 0 Å². The van der Waals surface area contributed by atoms with Crippen molar-refractivity contribution in [2.45, 2.75) is 32.6 Å². The number of ether oxygens (including phenoxy) is 3. The number of carbonyl (C=O) groups is 1. The van der Waals surface area contributed by atoms with Crippen LogP contribution in [0.4, 0.5) is 4.79 Å². The topological polar surface area (TPSA) is 60.0 Å². The molecule has 1 aromatic carbocycles. The van der Waals surface area contributed by atoms with Crippen molar-refractivity contribution < 1.29 is 19.0 Å². The van der Waals surface area contributed by atoms with Gasteiger partial charge >= 0.3 is 6.03 Å². The van der Waals surface area contributed by atoms with Gasteiger partial charge in [-0.3, -0.25) is 0 Å². The van der Waals surface area contributed by atoms with Gasteiger partial charge in [-0.05, 0) is 31.5 Å². The Balaban J connectivity index is 1.56. The quantitative estimate of drug-likeness (QED) is 0.902. The van der Waals surface area contributed by atoms with Gasteiger partial charge in [-0.15, -0.1) is 0 Å². The highest BCUT2D eigenvalue weighted by atomic mass is 16.7. The summed E-state index contributed by atoms with van der Waals surface area (Å²) in [7, 11) is 0. The predicted molar refractivity (Wildman–Crippen MR) is 76.4 cm³/mol. The van der Waals surface area contributed by atoms with E-state index in [1.807, 2.05) is 32.0 Å². The third-order valence-electron chi connectivity index (χ3n) is 3.59. The van der Waals surface area contributed by atoms with Crippen molar-refractivity contribution in [3.8, 4) is 11.5 Å². The number of rotatable bonds is 2. The first-order valence-corrected chi connectivity index (χ1v) is 7.18. The van der Waals surface area contributed by atoms with Crippen LogP contribution in [-0.4, -0.2) is 43.0 Å². The molecule has 0 spiro atoms. The third kappa shape index (κ3) is 3.21. The number of fused-ring (bicyclic) bond motifs is 1. The zero-order valence-electron chi connectivity index (χ0n) is 12.3. The molecule has 0 aliphatic carbocycles. The standard InChI is InChI=1S/C15H20N2O4/c1-10-7-17(8-11(2)21-10)15(18)16-6-12-3-4-13-14(5-12)20-9-19-13/h3-5,10-11H,6-9H2,1-2H3,(H,16,18)/t10-,11+. The molecule has 2 aliphatic heterocycles. The van der Waals surface area contributed by atoms with Gasteiger partial charge in [0, 0.05) is 19.6 Å². The molecule has 21 heavy (non-hydrogen) atoms. The lowest BCUT2D eigenvalue weighted by Gasteiger charge is -2.35. The van der Waals surface area contributed by atoms with E-state index in [-0.39, 0.29) is 25.0 Å². The molecule has 2 atom stereocenters. The van der Waals surface area contributed by atoms with Gasteiger partial charge in [0.1, 0.15) is 0 Å². The number of nitrogens with one attached hydrogen (secondary N) is 1. The van der Waals surface area contributed by atoms with Crippen LogP contribution in [0.2, 0.25) is 0 Å². The summed E-state index contributed by atoms with van der Waals surface area (Å²) in [5, 5.41) is 2.94. The van der Waals surface area contributed by atoms with Crippen LogP contribution in [0.1, 0.15) is 19.4 Å². The predicted octanol–water partition coefficient (Wildman–Crippen LogP) is 1.73. The lowest BCUT2D eigenvalue weighted by Crippen LogP contribution is -2.51. The number of urea groups is 1. The number of morpholine rings is 1. The lowest BCUT2D eigenvalue weighted by atomic mass is 10.2. The summed E-state index contributed by atoms with van der Waals surface area (Å²) in [4.78, 5) is 14.0. The maximum atomic E-state index is 12.2. The van der Waals surface area contributed by atoms with Gasteiger partial charge in [0.2, 0.25) is 6.79 Å². The Kier molecular flexibility index (Phi) is 3.88. The Hall–Kier alpha value is -1.95. The normalized spacial score (nSPS) is 24.0. The van der Waals surface area contributed by atoms with E-state index in [0.29, 0.717) is 19.6 Å². The van der Waals surface area contributed by atoms with Crippen molar-refractivity contribution in [2.75, 3.05) is 19.9 Å². The van der Waals surface area contributed by atoms with Crippen molar-refractivity contribution in [2.24, 2.45) is 0 Å². The molecule has 6 heteroatoms. The molecule has 0 saturated carbocycles. The third-order valence-corrected chi connectivity index (χ3v) is 3.59. The molecule has 1 fully saturated rings. The van der Waals surface area contributed by atoms with E-state index in [9.17, 15) is 4.79 Å². The summed E-state index contributed by atoms with van der Waals surface area (Å²) in [5.74, 6) is 1.48. The zero-order valence-corrected chi connectivity index (χ0v) is 12.3. The first kappa shape index (κ1) is 14.0. The minimum absolute atomic E-state index is 0.0605. The number of hydrogen-bond acceptors (Lipinski definition) is 4. The Morgan fingerprint density at radius 1 is 1.24 bits per heavy atom. The molecule has 0 radical (unpaired) electrons. The van der Waals surface area contributed by atoms with E-state index >= 15 is 0 Å². The number of amides is 2. The first-order chi connectivity index (χ1) is 10.1. The van der Waals surface area contributed by atoms with E-state index in [4.69, 9.17) is 14.2 Å². The van der Waals surface area contributed by atoms with Crippen LogP contribution in [-0.2, 0) is 11.3 Å². The summed E-state index contributed by atoms with van der Waals surface area (Å²) < 4.78 is 16.2. The van der Waals surface area contributed by atoms with Gasteiger partial charge in [-0.2, -0.15) is 0 Å². The highest BCUT2D eigenvalue weighted by molar-refractivity contribution is 5.74. The number of carbonyl (C=O) groups excluding carboxylic acids is 1. The van der Waals surface area contributed by atoms with Crippen molar-refractivity contribution >= 4 is 6.03 Å². The molecular weight excluding hydrogens is 272 g/mol. The van der Waals surface area contributed by atoms with Gasteiger partial charge < -0.3 is 24.4 Å². The van der Waals surface area contributed by atoms with Crippen molar-refractivity contribution in [3.05, 3.63) is 23.8 Å². The van der Waals surface area contributed by atoms with Gasteiger partial charge in [0.05, 0.1) is 12.2 Å². The fourth-order valence-electron chi connectivity index (χ4n) is 2.68. The minimum Gasteiger partial charge on any atom is -0.454 e. The van der Waals surface area contributed by atoms with E-state index in [1.54, 1.807) is 4.90 Å². The molecule has 1 saturated heterocycles. The van der Waals surface area contributed by atoms with Crippen LogP contribution in [0, 0.1) is 0 Å². The maximum Gasteiger partial charge on any atom is 0.317 e. The Bertz CT molecular complexity index is 524. The second-order valence-corrected chi connectivity index (χ2v) is 5.51. The van der Waals surface area contributed by atoms with E-state index < -0.39 is 0 Å². The van der Waals surface area contributed by atoms with Gasteiger partial charge in [-0.1, -0.05) is 6.07 Å². The SMILES string of the molecule is C[C@@H]1CN(C(=O)NCc2ccc3c(c2)OCO3)C[C@H](C)O1. The van der Waals surface area contributed by atoms with Crippen LogP contribution in [0.3, 0.4) is 0 Å². The van der Waals surface area contributed by atoms with Gasteiger partial charge in [0.15, 0.2) is 11.5 Å². The number of nitrogens with zero attached hydrogens (tertiary/aromatic N) is 1. The van der Waals surface area contributed by atoms with Crippen LogP contribution in [0.5, 0.6) is 11.5 Å². The molecule has 2 amide bonds. The average Bonchev–Trinajstić information content (AvgIpc) is 2.91. The first-order valence-electron chi connectivity index (χ1n) is 7.18. The highest BCUT2D eigenvalue weighted by Gasteiger charge is 2.25. The fourth-order valence-corrected chi connectivity index (χ4v) is 2.68. The molecule has 1 aromatic rings. The molecule has 6 nitrogen and oxygen atoms in total. The van der Waals surface area contributed by atoms with Crippen LogP contribution < -0.4 is 14.8 Å². The highest BCUT2D eigenvalue weighted by Crippen LogP contribution is 2.32. The maximum absolute atomic E-state index is 12.2. The summed E-state index contributed by atoms with van der Waals surface area (Å²) in [6.45, 7) is 5.93. The second kappa shape index (κ2) is 5.81. The smallest absolute Gasteiger partial charge is 0.317 e. The molecule has 1 N–H and O–H groups in total. The summed E-state index contributed by atoms with van der Waals surface area (Å²) in [6, 6.07) is 5.63. The summed E-state index contributed by atoms with van der Waals surface area (Å²) in [5.41, 5.74) is 0.988. The average molecular weight is 292 g/mol. The fraction of sp³-hybridized carbons (Fsp3) is 0.533. The van der Waals surface area contributed by atoms with E-state index in [1.165, 1.54) is 0 Å². The number of hydrogen-bond donors (Lipinski definition) is 1. The number of benzene rings is 1. The summed E-state index contributed by atoms with van der Waals surface area (Å²) >= 11 is 0. The van der Waals surface area contributed by atoms with Crippen molar-refractivity contribution in [1.82, 2.24) is 10.2 Å².